The molecule has 0 aromatic heterocycles. The van der Waals surface area contributed by atoms with E-state index in [9.17, 15) is 18.5 Å². The van der Waals surface area contributed by atoms with Crippen molar-refractivity contribution in [1.82, 2.24) is 4.31 Å². The van der Waals surface area contributed by atoms with Crippen molar-refractivity contribution >= 4 is 21.4 Å². The third kappa shape index (κ3) is 3.21. The van der Waals surface area contributed by atoms with Gasteiger partial charge in [0.1, 0.15) is 0 Å². The van der Waals surface area contributed by atoms with E-state index in [0.717, 1.165) is 16.4 Å². The highest BCUT2D eigenvalue weighted by Crippen LogP contribution is 2.28. The molecule has 0 unspecified atom stereocenters. The summed E-state index contributed by atoms with van der Waals surface area (Å²) < 4.78 is 25.3. The minimum absolute atomic E-state index is 0.00797. The first-order valence-corrected chi connectivity index (χ1v) is 6.87. The van der Waals surface area contributed by atoms with Crippen molar-refractivity contribution in [3.05, 3.63) is 28.3 Å². The van der Waals surface area contributed by atoms with Crippen LogP contribution in [0.25, 0.3) is 0 Å². The number of nitrogens with two attached hydrogens (primary N) is 1. The molecule has 0 saturated heterocycles. The van der Waals surface area contributed by atoms with E-state index < -0.39 is 25.5 Å². The van der Waals surface area contributed by atoms with Crippen molar-refractivity contribution in [1.29, 1.82) is 5.26 Å². The SMILES string of the molecule is CN(CCC#N)S(=O)(=O)c1ccc(NN)cc1[N+](=O)[O-]. The average molecular weight is 299 g/mol. The number of nitro groups is 1. The van der Waals surface area contributed by atoms with E-state index in [1.807, 2.05) is 6.07 Å². The largest absolute Gasteiger partial charge is 0.324 e. The van der Waals surface area contributed by atoms with Crippen LogP contribution in [-0.4, -0.2) is 31.2 Å². The smallest absolute Gasteiger partial charge is 0.291 e. The highest BCUT2D eigenvalue weighted by molar-refractivity contribution is 7.89. The van der Waals surface area contributed by atoms with E-state index in [1.165, 1.54) is 13.1 Å². The fourth-order valence-electron chi connectivity index (χ4n) is 1.46. The van der Waals surface area contributed by atoms with Gasteiger partial charge in [0, 0.05) is 26.1 Å². The van der Waals surface area contributed by atoms with Gasteiger partial charge >= 0.3 is 0 Å². The van der Waals surface area contributed by atoms with E-state index in [0.29, 0.717) is 0 Å². The topological polar surface area (TPSA) is 142 Å². The van der Waals surface area contributed by atoms with Crippen molar-refractivity contribution in [3.8, 4) is 6.07 Å². The molecule has 0 fully saturated rings. The van der Waals surface area contributed by atoms with Crippen LogP contribution in [0.3, 0.4) is 0 Å². The van der Waals surface area contributed by atoms with Crippen LogP contribution in [0.4, 0.5) is 11.4 Å². The van der Waals surface area contributed by atoms with Crippen LogP contribution in [0.5, 0.6) is 0 Å². The number of hydrazine groups is 1. The number of nitrogen functional groups attached to an aromatic ring is 1. The van der Waals surface area contributed by atoms with Crippen LogP contribution in [-0.2, 0) is 10.0 Å². The highest BCUT2D eigenvalue weighted by atomic mass is 32.2. The summed E-state index contributed by atoms with van der Waals surface area (Å²) in [6, 6.07) is 5.26. The third-order valence-corrected chi connectivity index (χ3v) is 4.45. The molecule has 10 heteroatoms. The van der Waals surface area contributed by atoms with Crippen LogP contribution in [0.2, 0.25) is 0 Å². The summed E-state index contributed by atoms with van der Waals surface area (Å²) in [5, 5.41) is 19.4. The van der Waals surface area contributed by atoms with E-state index in [-0.39, 0.29) is 18.7 Å². The molecule has 0 bridgehead atoms. The Balaban J connectivity index is 3.31. The van der Waals surface area contributed by atoms with E-state index in [2.05, 4.69) is 5.43 Å². The maximum Gasteiger partial charge on any atom is 0.291 e. The number of nitrogens with one attached hydrogen (secondary N) is 1. The number of nitrogens with zero attached hydrogens (tertiary/aromatic N) is 3. The summed E-state index contributed by atoms with van der Waals surface area (Å²) in [7, 11) is -2.78. The average Bonchev–Trinajstić information content (AvgIpc) is 2.43. The molecule has 108 valence electrons. The maximum absolute atomic E-state index is 12.2. The van der Waals surface area contributed by atoms with Crippen LogP contribution in [0.1, 0.15) is 6.42 Å². The zero-order valence-corrected chi connectivity index (χ0v) is 11.4. The van der Waals surface area contributed by atoms with Gasteiger partial charge in [-0.15, -0.1) is 0 Å². The van der Waals surface area contributed by atoms with Gasteiger partial charge in [-0.3, -0.25) is 16.0 Å². The Morgan fingerprint density at radius 2 is 2.20 bits per heavy atom. The predicted molar refractivity (Wildman–Crippen MR) is 71.0 cm³/mol. The van der Waals surface area contributed by atoms with Crippen LogP contribution in [0.15, 0.2) is 23.1 Å². The van der Waals surface area contributed by atoms with Gasteiger partial charge in [0.05, 0.1) is 16.7 Å². The fraction of sp³-hybridized carbons (Fsp3) is 0.300. The molecule has 0 spiro atoms. The normalized spacial score (nSPS) is 11.1. The van der Waals surface area contributed by atoms with Crippen molar-refractivity contribution in [2.75, 3.05) is 19.0 Å². The van der Waals surface area contributed by atoms with Gasteiger partial charge < -0.3 is 5.43 Å². The van der Waals surface area contributed by atoms with Gasteiger partial charge in [-0.05, 0) is 12.1 Å². The van der Waals surface area contributed by atoms with Crippen molar-refractivity contribution in [3.63, 3.8) is 0 Å². The second kappa shape index (κ2) is 6.29. The summed E-state index contributed by atoms with van der Waals surface area (Å²) in [6.45, 7) is -0.0487. The summed E-state index contributed by atoms with van der Waals surface area (Å²) in [5.41, 5.74) is 1.85. The molecule has 0 aliphatic rings. The molecule has 0 heterocycles. The molecule has 9 nitrogen and oxygen atoms in total. The standard InChI is InChI=1S/C10H13N5O4S/c1-14(6-2-5-11)20(18,19)10-4-3-8(13-12)7-9(10)15(16)17/h3-4,7,13H,2,6,12H2,1H3. The lowest BCUT2D eigenvalue weighted by molar-refractivity contribution is -0.387. The highest BCUT2D eigenvalue weighted by Gasteiger charge is 2.29. The van der Waals surface area contributed by atoms with Gasteiger partial charge in [0.2, 0.25) is 10.0 Å². The van der Waals surface area contributed by atoms with Crippen LogP contribution < -0.4 is 11.3 Å². The van der Waals surface area contributed by atoms with Gasteiger partial charge in [0.25, 0.3) is 5.69 Å². The van der Waals surface area contributed by atoms with Gasteiger partial charge in [-0.25, -0.2) is 8.42 Å². The van der Waals surface area contributed by atoms with Crippen molar-refractivity contribution in [2.45, 2.75) is 11.3 Å². The van der Waals surface area contributed by atoms with Gasteiger partial charge in [-0.1, -0.05) is 0 Å². The molecule has 0 amide bonds. The van der Waals surface area contributed by atoms with E-state index >= 15 is 0 Å². The molecule has 0 atom stereocenters. The maximum atomic E-state index is 12.2. The van der Waals surface area contributed by atoms with E-state index in [4.69, 9.17) is 11.1 Å². The first-order valence-electron chi connectivity index (χ1n) is 5.43. The Hall–Kier alpha value is -2.22. The Bertz CT molecular complexity index is 652. The number of hydrogen-bond acceptors (Lipinski definition) is 7. The molecule has 20 heavy (non-hydrogen) atoms. The minimum atomic E-state index is -4.04. The van der Waals surface area contributed by atoms with Gasteiger partial charge in [0.15, 0.2) is 4.90 Å². The summed E-state index contributed by atoms with van der Waals surface area (Å²) in [6.07, 6.45) is -0.00797. The molecule has 3 N–H and O–H groups in total. The van der Waals surface area contributed by atoms with Crippen molar-refractivity contribution in [2.24, 2.45) is 5.84 Å². The van der Waals surface area contributed by atoms with E-state index in [1.54, 1.807) is 0 Å². The molecule has 1 rings (SSSR count). The van der Waals surface area contributed by atoms with Crippen molar-refractivity contribution < 1.29 is 13.3 Å². The molecule has 0 aliphatic heterocycles. The Kier molecular flexibility index (Phi) is 4.98. The second-order valence-corrected chi connectivity index (χ2v) is 5.83. The van der Waals surface area contributed by atoms with Crippen LogP contribution >= 0.6 is 0 Å². The number of benzene rings is 1. The number of anilines is 1. The Morgan fingerprint density at radius 3 is 2.70 bits per heavy atom. The second-order valence-electron chi connectivity index (χ2n) is 3.82. The zero-order chi connectivity index (χ0) is 15.3. The quantitative estimate of drug-likeness (QED) is 0.440. The van der Waals surface area contributed by atoms with Crippen LogP contribution in [0, 0.1) is 21.4 Å². The molecular weight excluding hydrogens is 286 g/mol. The fourth-order valence-corrected chi connectivity index (χ4v) is 2.77. The summed E-state index contributed by atoms with van der Waals surface area (Å²) in [4.78, 5) is 9.73. The summed E-state index contributed by atoms with van der Waals surface area (Å²) in [5.74, 6) is 5.14. The lowest BCUT2D eigenvalue weighted by atomic mass is 10.3. The number of sulfonamides is 1. The van der Waals surface area contributed by atoms with Gasteiger partial charge in [-0.2, -0.15) is 9.57 Å². The lowest BCUT2D eigenvalue weighted by Gasteiger charge is -2.16. The summed E-state index contributed by atoms with van der Waals surface area (Å²) >= 11 is 0. The third-order valence-electron chi connectivity index (χ3n) is 2.55. The molecular formula is C10H13N5O4S. The first-order chi connectivity index (χ1) is 9.34. The minimum Gasteiger partial charge on any atom is -0.324 e. The zero-order valence-electron chi connectivity index (χ0n) is 10.6. The Labute approximate surface area is 115 Å². The molecule has 0 saturated carbocycles. The number of hydrogen-bond donors (Lipinski definition) is 2. The number of nitro benzene ring substituents is 1. The molecule has 1 aromatic rings. The predicted octanol–water partition coefficient (Wildman–Crippen LogP) is 0.415. The monoisotopic (exact) mass is 299 g/mol. The lowest BCUT2D eigenvalue weighted by Crippen LogP contribution is -2.28. The molecule has 0 radical (unpaired) electrons. The Morgan fingerprint density at radius 1 is 1.55 bits per heavy atom. The first kappa shape index (κ1) is 15.8. The molecule has 1 aromatic carbocycles. The number of rotatable bonds is 6. The molecule has 0 aliphatic carbocycles. The number of nitriles is 1.